The minimum atomic E-state index is -4.07. The van der Waals surface area contributed by atoms with E-state index in [2.05, 4.69) is 0 Å². The lowest BCUT2D eigenvalue weighted by Gasteiger charge is -2.31. The molecule has 2 aromatic carbocycles. The first-order valence-corrected chi connectivity index (χ1v) is 12.7. The molecular weight excluding hydrogens is 447 g/mol. The van der Waals surface area contributed by atoms with E-state index in [9.17, 15) is 17.6 Å². The van der Waals surface area contributed by atoms with Crippen LogP contribution < -0.4 is 4.74 Å². The Labute approximate surface area is 194 Å². The number of carbonyl (C=O) groups excluding carboxylic acids is 1. The highest BCUT2D eigenvalue weighted by Crippen LogP contribution is 2.33. The number of hydrogen-bond acceptors (Lipinski definition) is 5. The maximum Gasteiger partial charge on any atom is 0.254 e. The summed E-state index contributed by atoms with van der Waals surface area (Å²) in [4.78, 5) is 14.9. The minimum absolute atomic E-state index is 0.143. The Bertz CT molecular complexity index is 1080. The van der Waals surface area contributed by atoms with Crippen molar-refractivity contribution in [3.63, 3.8) is 0 Å². The summed E-state index contributed by atoms with van der Waals surface area (Å²) >= 11 is 0. The molecule has 2 fully saturated rings. The van der Waals surface area contributed by atoms with Crippen LogP contribution in [-0.4, -0.2) is 63.5 Å². The van der Waals surface area contributed by atoms with Crippen molar-refractivity contribution >= 4 is 15.9 Å². The Balaban J connectivity index is 1.65. The topological polar surface area (TPSA) is 76.2 Å². The van der Waals surface area contributed by atoms with E-state index in [0.717, 1.165) is 43.1 Å². The standard InChI is InChI=1S/C24H29FN2O5S/c1-31-20-9-6-18(7-10-20)22-5-3-2-4-12-27(22)24(28)19-8-11-21(25)23(17-19)33(29,30)26-13-15-32-16-14-26/h6-11,17,22H,2-5,12-16H2,1H3/t22-/m1/s1. The average Bonchev–Trinajstić information content (AvgIpc) is 3.10. The fraction of sp³-hybridized carbons (Fsp3) is 0.458. The normalized spacial score (nSPS) is 20.3. The first kappa shape index (κ1) is 23.7. The summed E-state index contributed by atoms with van der Waals surface area (Å²) in [6.45, 7) is 1.39. The van der Waals surface area contributed by atoms with Gasteiger partial charge >= 0.3 is 0 Å². The van der Waals surface area contributed by atoms with Crippen molar-refractivity contribution in [1.82, 2.24) is 9.21 Å². The SMILES string of the molecule is COc1ccc([C@H]2CCCCCN2C(=O)c2ccc(F)c(S(=O)(=O)N3CCOCC3)c2)cc1. The number of methoxy groups -OCH3 is 1. The third-order valence-electron chi connectivity index (χ3n) is 6.28. The van der Waals surface area contributed by atoms with E-state index in [-0.39, 0.29) is 43.8 Å². The van der Waals surface area contributed by atoms with Crippen LogP contribution >= 0.6 is 0 Å². The summed E-state index contributed by atoms with van der Waals surface area (Å²) in [6.07, 6.45) is 3.66. The zero-order valence-electron chi connectivity index (χ0n) is 18.7. The van der Waals surface area contributed by atoms with Crippen LogP contribution in [0.25, 0.3) is 0 Å². The van der Waals surface area contributed by atoms with Gasteiger partial charge in [0, 0.05) is 25.2 Å². The van der Waals surface area contributed by atoms with Gasteiger partial charge in [-0.1, -0.05) is 25.0 Å². The Kier molecular flexibility index (Phi) is 7.31. The highest BCUT2D eigenvalue weighted by molar-refractivity contribution is 7.89. The number of benzene rings is 2. The van der Waals surface area contributed by atoms with Crippen molar-refractivity contribution in [2.24, 2.45) is 0 Å². The van der Waals surface area contributed by atoms with Crippen LogP contribution in [0.5, 0.6) is 5.75 Å². The molecular formula is C24H29FN2O5S. The van der Waals surface area contributed by atoms with E-state index in [1.54, 1.807) is 12.0 Å². The molecule has 178 valence electrons. The van der Waals surface area contributed by atoms with Crippen LogP contribution in [-0.2, 0) is 14.8 Å². The number of rotatable bonds is 5. The van der Waals surface area contributed by atoms with E-state index < -0.39 is 20.7 Å². The van der Waals surface area contributed by atoms with Gasteiger partial charge in [-0.2, -0.15) is 4.31 Å². The van der Waals surface area contributed by atoms with Crippen molar-refractivity contribution in [2.45, 2.75) is 36.6 Å². The second-order valence-electron chi connectivity index (χ2n) is 8.30. The molecule has 0 aromatic heterocycles. The molecule has 0 saturated carbocycles. The lowest BCUT2D eigenvalue weighted by Crippen LogP contribution is -2.41. The molecule has 2 heterocycles. The predicted octanol–water partition coefficient (Wildman–Crippen LogP) is 3.61. The van der Waals surface area contributed by atoms with Gasteiger partial charge in [-0.05, 0) is 48.7 Å². The number of morpholine rings is 1. The number of nitrogens with zero attached hydrogens (tertiary/aromatic N) is 2. The van der Waals surface area contributed by atoms with Gasteiger partial charge in [0.25, 0.3) is 5.91 Å². The van der Waals surface area contributed by atoms with E-state index in [1.165, 1.54) is 16.4 Å². The minimum Gasteiger partial charge on any atom is -0.497 e. The number of ether oxygens (including phenoxy) is 2. The molecule has 0 radical (unpaired) electrons. The van der Waals surface area contributed by atoms with Crippen LogP contribution in [0.1, 0.15) is 47.6 Å². The molecule has 2 aliphatic rings. The van der Waals surface area contributed by atoms with Crippen molar-refractivity contribution < 1.29 is 27.1 Å². The quantitative estimate of drug-likeness (QED) is 0.659. The van der Waals surface area contributed by atoms with Gasteiger partial charge in [0.1, 0.15) is 16.5 Å². The summed E-state index contributed by atoms with van der Waals surface area (Å²) in [6, 6.07) is 11.1. The van der Waals surface area contributed by atoms with E-state index in [0.29, 0.717) is 6.54 Å². The average molecular weight is 477 g/mol. The molecule has 0 N–H and O–H groups in total. The Morgan fingerprint density at radius 1 is 1.03 bits per heavy atom. The van der Waals surface area contributed by atoms with Crippen molar-refractivity contribution in [2.75, 3.05) is 40.0 Å². The molecule has 1 amide bonds. The molecule has 0 unspecified atom stereocenters. The van der Waals surface area contributed by atoms with E-state index >= 15 is 0 Å². The van der Waals surface area contributed by atoms with Crippen LogP contribution in [0.15, 0.2) is 47.4 Å². The molecule has 4 rings (SSSR count). The van der Waals surface area contributed by atoms with Crippen molar-refractivity contribution in [3.05, 3.63) is 59.4 Å². The summed E-state index contributed by atoms with van der Waals surface area (Å²) in [5, 5.41) is 0. The Morgan fingerprint density at radius 3 is 2.45 bits per heavy atom. The number of halogens is 1. The van der Waals surface area contributed by atoms with Gasteiger partial charge in [0.05, 0.1) is 26.4 Å². The molecule has 0 aliphatic carbocycles. The van der Waals surface area contributed by atoms with Gasteiger partial charge in [0.2, 0.25) is 10.0 Å². The van der Waals surface area contributed by atoms with E-state index in [4.69, 9.17) is 9.47 Å². The summed E-state index contributed by atoms with van der Waals surface area (Å²) in [7, 11) is -2.46. The number of hydrogen-bond donors (Lipinski definition) is 0. The molecule has 2 aromatic rings. The number of amides is 1. The molecule has 7 nitrogen and oxygen atoms in total. The zero-order valence-corrected chi connectivity index (χ0v) is 19.5. The largest absolute Gasteiger partial charge is 0.497 e. The number of likely N-dealkylation sites (tertiary alicyclic amines) is 1. The Hall–Kier alpha value is -2.49. The Morgan fingerprint density at radius 2 is 1.76 bits per heavy atom. The molecule has 33 heavy (non-hydrogen) atoms. The first-order chi connectivity index (χ1) is 15.9. The van der Waals surface area contributed by atoms with Crippen LogP contribution in [0.2, 0.25) is 0 Å². The molecule has 1 atom stereocenters. The first-order valence-electron chi connectivity index (χ1n) is 11.2. The number of carbonyl (C=O) groups is 1. The highest BCUT2D eigenvalue weighted by atomic mass is 32.2. The molecule has 2 aliphatic heterocycles. The van der Waals surface area contributed by atoms with E-state index in [1.807, 2.05) is 24.3 Å². The highest BCUT2D eigenvalue weighted by Gasteiger charge is 2.32. The summed E-state index contributed by atoms with van der Waals surface area (Å²) in [5.41, 5.74) is 1.16. The summed E-state index contributed by atoms with van der Waals surface area (Å²) < 4.78 is 52.4. The van der Waals surface area contributed by atoms with Crippen LogP contribution in [0, 0.1) is 5.82 Å². The third-order valence-corrected chi connectivity index (χ3v) is 8.19. The van der Waals surface area contributed by atoms with Gasteiger partial charge in [-0.25, -0.2) is 12.8 Å². The maximum absolute atomic E-state index is 14.6. The zero-order chi connectivity index (χ0) is 23.4. The molecule has 9 heteroatoms. The van der Waals surface area contributed by atoms with Gasteiger partial charge in [0.15, 0.2) is 0 Å². The molecule has 0 spiro atoms. The lowest BCUT2D eigenvalue weighted by molar-refractivity contribution is 0.0680. The lowest BCUT2D eigenvalue weighted by atomic mass is 10.00. The van der Waals surface area contributed by atoms with Gasteiger partial charge in [-0.15, -0.1) is 0 Å². The second kappa shape index (κ2) is 10.2. The third kappa shape index (κ3) is 5.05. The maximum atomic E-state index is 14.6. The van der Waals surface area contributed by atoms with Gasteiger partial charge < -0.3 is 14.4 Å². The predicted molar refractivity (Wildman–Crippen MR) is 121 cm³/mol. The smallest absolute Gasteiger partial charge is 0.254 e. The summed E-state index contributed by atoms with van der Waals surface area (Å²) in [5.74, 6) is -0.418. The molecule has 0 bridgehead atoms. The van der Waals surface area contributed by atoms with Crippen molar-refractivity contribution in [3.8, 4) is 5.75 Å². The van der Waals surface area contributed by atoms with Gasteiger partial charge in [-0.3, -0.25) is 4.79 Å². The number of sulfonamides is 1. The van der Waals surface area contributed by atoms with Crippen LogP contribution in [0.4, 0.5) is 4.39 Å². The second-order valence-corrected chi connectivity index (χ2v) is 10.2. The van der Waals surface area contributed by atoms with Crippen molar-refractivity contribution in [1.29, 1.82) is 0 Å². The molecule has 2 saturated heterocycles. The fourth-order valence-electron chi connectivity index (χ4n) is 4.45. The fourth-order valence-corrected chi connectivity index (χ4v) is 5.95. The van der Waals surface area contributed by atoms with Crippen LogP contribution in [0.3, 0.4) is 0 Å². The monoisotopic (exact) mass is 476 g/mol.